The fraction of sp³-hybridized carbons (Fsp3) is 0.750. The Balaban J connectivity index is 1.68. The molecule has 1 aromatic heterocycles. The Labute approximate surface area is 102 Å². The van der Waals surface area contributed by atoms with E-state index in [-0.39, 0.29) is 0 Å². The fourth-order valence-corrected chi connectivity index (χ4v) is 3.24. The molecule has 84 valence electrons. The van der Waals surface area contributed by atoms with E-state index in [1.807, 2.05) is 11.8 Å². The van der Waals surface area contributed by atoms with Crippen LogP contribution in [0, 0.1) is 3.95 Å². The topological polar surface area (TPSA) is 44.0 Å². The minimum atomic E-state index is 0.729. The normalized spacial score (nSPS) is 17.9. The Hall–Kier alpha value is -0.110. The summed E-state index contributed by atoms with van der Waals surface area (Å²) in [5, 5.41) is 11.0. The second-order valence-corrected chi connectivity index (χ2v) is 6.19. The monoisotopic (exact) mass is 262 g/mol. The highest BCUT2D eigenvalue weighted by molar-refractivity contribution is 7.99. The van der Waals surface area contributed by atoms with Crippen molar-refractivity contribution >= 4 is 40.4 Å². The first-order valence-corrected chi connectivity index (χ1v) is 7.32. The van der Waals surface area contributed by atoms with Crippen LogP contribution in [0.1, 0.15) is 0 Å². The molecule has 1 aliphatic heterocycles. The maximum atomic E-state index is 4.96. The summed E-state index contributed by atoms with van der Waals surface area (Å²) in [4.78, 5) is 2.48. The summed E-state index contributed by atoms with van der Waals surface area (Å²) < 4.78 is 0.729. The SMILES string of the molecule is S=c1[nH]nc(NCCN2CCSCC2)s1. The summed E-state index contributed by atoms with van der Waals surface area (Å²) in [6.45, 7) is 4.46. The number of aromatic amines is 1. The van der Waals surface area contributed by atoms with Crippen LogP contribution in [0.3, 0.4) is 0 Å². The summed E-state index contributed by atoms with van der Waals surface area (Å²) in [5.41, 5.74) is 0. The van der Waals surface area contributed by atoms with Gasteiger partial charge in [-0.05, 0) is 12.2 Å². The van der Waals surface area contributed by atoms with E-state index in [0.29, 0.717) is 0 Å². The number of aromatic nitrogens is 2. The molecular formula is C8H14N4S3. The van der Waals surface area contributed by atoms with E-state index < -0.39 is 0 Å². The van der Waals surface area contributed by atoms with Crippen molar-refractivity contribution in [1.82, 2.24) is 15.1 Å². The summed E-state index contributed by atoms with van der Waals surface area (Å²) in [6, 6.07) is 0. The largest absolute Gasteiger partial charge is 0.359 e. The number of hydrogen-bond acceptors (Lipinski definition) is 6. The van der Waals surface area contributed by atoms with Gasteiger partial charge in [-0.3, -0.25) is 10.00 Å². The van der Waals surface area contributed by atoms with Crippen molar-refractivity contribution in [3.63, 3.8) is 0 Å². The first kappa shape index (κ1) is 11.4. The highest BCUT2D eigenvalue weighted by Gasteiger charge is 2.09. The molecule has 1 aliphatic rings. The molecule has 0 unspecified atom stereocenters. The molecule has 4 nitrogen and oxygen atoms in total. The Morgan fingerprint density at radius 1 is 1.47 bits per heavy atom. The van der Waals surface area contributed by atoms with Crippen LogP contribution in [0.2, 0.25) is 0 Å². The van der Waals surface area contributed by atoms with Gasteiger partial charge in [0.15, 0.2) is 3.95 Å². The van der Waals surface area contributed by atoms with E-state index in [1.165, 1.54) is 35.9 Å². The summed E-state index contributed by atoms with van der Waals surface area (Å²) in [6.07, 6.45) is 0. The smallest absolute Gasteiger partial charge is 0.204 e. The average molecular weight is 262 g/mol. The lowest BCUT2D eigenvalue weighted by Gasteiger charge is -2.25. The molecule has 0 amide bonds. The minimum absolute atomic E-state index is 0.729. The molecule has 2 N–H and O–H groups in total. The van der Waals surface area contributed by atoms with E-state index in [0.717, 1.165) is 22.2 Å². The first-order valence-electron chi connectivity index (χ1n) is 4.94. The Morgan fingerprint density at radius 2 is 2.27 bits per heavy atom. The van der Waals surface area contributed by atoms with Gasteiger partial charge < -0.3 is 5.32 Å². The number of rotatable bonds is 4. The van der Waals surface area contributed by atoms with Crippen molar-refractivity contribution in [3.8, 4) is 0 Å². The van der Waals surface area contributed by atoms with Crippen molar-refractivity contribution in [3.05, 3.63) is 3.95 Å². The van der Waals surface area contributed by atoms with Crippen LogP contribution in [0.4, 0.5) is 5.13 Å². The predicted octanol–water partition coefficient (Wildman–Crippen LogP) is 1.66. The molecule has 1 saturated heterocycles. The quantitative estimate of drug-likeness (QED) is 0.808. The first-order chi connectivity index (χ1) is 7.34. The van der Waals surface area contributed by atoms with Crippen molar-refractivity contribution in [2.75, 3.05) is 43.0 Å². The molecule has 15 heavy (non-hydrogen) atoms. The number of nitrogens with zero attached hydrogens (tertiary/aromatic N) is 2. The van der Waals surface area contributed by atoms with Crippen LogP contribution < -0.4 is 5.32 Å². The molecular weight excluding hydrogens is 248 g/mol. The molecule has 0 bridgehead atoms. The van der Waals surface area contributed by atoms with Crippen molar-refractivity contribution in [1.29, 1.82) is 0 Å². The van der Waals surface area contributed by atoms with E-state index in [1.54, 1.807) is 0 Å². The maximum Gasteiger partial charge on any atom is 0.204 e. The van der Waals surface area contributed by atoms with E-state index >= 15 is 0 Å². The lowest BCUT2D eigenvalue weighted by atomic mass is 10.4. The van der Waals surface area contributed by atoms with Gasteiger partial charge in [0.05, 0.1) is 0 Å². The van der Waals surface area contributed by atoms with Crippen molar-refractivity contribution < 1.29 is 0 Å². The number of H-pyrrole nitrogens is 1. The molecule has 0 aliphatic carbocycles. The number of thioether (sulfide) groups is 1. The standard InChI is InChI=1S/C8H14N4S3/c13-8-11-10-7(15-8)9-1-2-12-3-5-14-6-4-12/h1-6H2,(H,9,10)(H,11,13). The Kier molecular flexibility index (Phi) is 4.42. The van der Waals surface area contributed by atoms with Gasteiger partial charge in [0.25, 0.3) is 0 Å². The molecule has 7 heteroatoms. The van der Waals surface area contributed by atoms with Crippen LogP contribution in [-0.4, -0.2) is 52.8 Å². The molecule has 0 spiro atoms. The van der Waals surface area contributed by atoms with Gasteiger partial charge in [-0.1, -0.05) is 11.3 Å². The van der Waals surface area contributed by atoms with Crippen LogP contribution >= 0.6 is 35.3 Å². The third-order valence-corrected chi connectivity index (χ3v) is 4.24. The summed E-state index contributed by atoms with van der Waals surface area (Å²) >= 11 is 8.49. The van der Waals surface area contributed by atoms with Gasteiger partial charge in [0.1, 0.15) is 0 Å². The lowest BCUT2D eigenvalue weighted by molar-refractivity contribution is 0.314. The molecule has 2 heterocycles. The number of hydrogen-bond donors (Lipinski definition) is 2. The third kappa shape index (κ3) is 3.75. The second kappa shape index (κ2) is 5.83. The van der Waals surface area contributed by atoms with Gasteiger partial charge in [-0.15, -0.1) is 5.10 Å². The van der Waals surface area contributed by atoms with E-state index in [9.17, 15) is 0 Å². The molecule has 2 rings (SSSR count). The van der Waals surface area contributed by atoms with Gasteiger partial charge in [-0.25, -0.2) is 0 Å². The van der Waals surface area contributed by atoms with Gasteiger partial charge in [0.2, 0.25) is 5.13 Å². The van der Waals surface area contributed by atoms with Gasteiger partial charge in [-0.2, -0.15) is 11.8 Å². The van der Waals surface area contributed by atoms with Crippen LogP contribution in [0.25, 0.3) is 0 Å². The van der Waals surface area contributed by atoms with E-state index in [4.69, 9.17) is 12.2 Å². The van der Waals surface area contributed by atoms with Crippen molar-refractivity contribution in [2.24, 2.45) is 0 Å². The highest BCUT2D eigenvalue weighted by atomic mass is 32.2. The maximum absolute atomic E-state index is 4.96. The van der Waals surface area contributed by atoms with Crippen LogP contribution in [0.15, 0.2) is 0 Å². The van der Waals surface area contributed by atoms with Gasteiger partial charge >= 0.3 is 0 Å². The molecule has 1 fully saturated rings. The fourth-order valence-electron chi connectivity index (χ4n) is 1.45. The van der Waals surface area contributed by atoms with Crippen LogP contribution in [0.5, 0.6) is 0 Å². The zero-order chi connectivity index (χ0) is 10.5. The zero-order valence-electron chi connectivity index (χ0n) is 8.36. The van der Waals surface area contributed by atoms with E-state index in [2.05, 4.69) is 20.4 Å². The summed E-state index contributed by atoms with van der Waals surface area (Å²) in [5.74, 6) is 2.53. The summed E-state index contributed by atoms with van der Waals surface area (Å²) in [7, 11) is 0. The zero-order valence-corrected chi connectivity index (χ0v) is 10.8. The highest BCUT2D eigenvalue weighted by Crippen LogP contribution is 2.11. The second-order valence-electron chi connectivity index (χ2n) is 3.30. The predicted molar refractivity (Wildman–Crippen MR) is 69.6 cm³/mol. The molecule has 0 radical (unpaired) electrons. The molecule has 1 aromatic rings. The van der Waals surface area contributed by atoms with Gasteiger partial charge in [0, 0.05) is 37.7 Å². The Morgan fingerprint density at radius 3 is 2.93 bits per heavy atom. The number of anilines is 1. The molecule has 0 atom stereocenters. The Bertz CT molecular complexity index is 342. The van der Waals surface area contributed by atoms with Crippen molar-refractivity contribution in [2.45, 2.75) is 0 Å². The molecule has 0 saturated carbocycles. The van der Waals surface area contributed by atoms with Crippen LogP contribution in [-0.2, 0) is 0 Å². The molecule has 0 aromatic carbocycles. The lowest BCUT2D eigenvalue weighted by Crippen LogP contribution is -2.36. The number of nitrogens with one attached hydrogen (secondary N) is 2. The third-order valence-electron chi connectivity index (χ3n) is 2.25. The minimum Gasteiger partial charge on any atom is -0.359 e. The average Bonchev–Trinajstić information content (AvgIpc) is 2.66.